The molecule has 0 radical (unpaired) electrons. The maximum atomic E-state index is 11.4. The van der Waals surface area contributed by atoms with Gasteiger partial charge in [0.1, 0.15) is 5.75 Å². The topological polar surface area (TPSA) is 37.3 Å². The highest BCUT2D eigenvalue weighted by atomic mass is 16.3. The number of aryl methyl sites for hydroxylation is 2. The van der Waals surface area contributed by atoms with E-state index in [0.29, 0.717) is 5.56 Å². The minimum atomic E-state index is -0.180. The highest BCUT2D eigenvalue weighted by molar-refractivity contribution is 5.83. The zero-order valence-electron chi connectivity index (χ0n) is 14.5. The number of benzene rings is 3. The van der Waals surface area contributed by atoms with Crippen LogP contribution in [0.4, 0.5) is 0 Å². The smallest absolute Gasteiger partial charge is 0.153 e. The van der Waals surface area contributed by atoms with Gasteiger partial charge in [0, 0.05) is 11.0 Å². The van der Waals surface area contributed by atoms with E-state index < -0.39 is 0 Å². The second kappa shape index (κ2) is 5.57. The van der Waals surface area contributed by atoms with Crippen molar-refractivity contribution < 1.29 is 9.90 Å². The number of aldehydes is 1. The quantitative estimate of drug-likeness (QED) is 0.663. The minimum absolute atomic E-state index is 0.180. The lowest BCUT2D eigenvalue weighted by Gasteiger charge is -2.30. The van der Waals surface area contributed by atoms with E-state index >= 15 is 0 Å². The van der Waals surface area contributed by atoms with Crippen molar-refractivity contribution in [1.29, 1.82) is 0 Å². The van der Waals surface area contributed by atoms with Gasteiger partial charge < -0.3 is 5.11 Å². The summed E-state index contributed by atoms with van der Waals surface area (Å²) in [6, 6.07) is 20.8. The van der Waals surface area contributed by atoms with Crippen LogP contribution in [0.25, 0.3) is 11.1 Å². The Labute approximate surface area is 153 Å². The molecule has 2 nitrogen and oxygen atoms in total. The van der Waals surface area contributed by atoms with Crippen molar-refractivity contribution in [2.24, 2.45) is 0 Å². The van der Waals surface area contributed by atoms with Crippen LogP contribution >= 0.6 is 0 Å². The number of fused-ring (bicyclic) bond motifs is 4. The Hall–Kier alpha value is -2.87. The normalized spacial score (nSPS) is 20.2. The molecule has 2 heteroatoms. The molecule has 0 saturated heterocycles. The van der Waals surface area contributed by atoms with Crippen molar-refractivity contribution in [2.45, 2.75) is 31.1 Å². The molecule has 2 aliphatic carbocycles. The molecule has 3 aromatic carbocycles. The van der Waals surface area contributed by atoms with Gasteiger partial charge >= 0.3 is 0 Å². The molecule has 1 N–H and O–H groups in total. The van der Waals surface area contributed by atoms with Crippen molar-refractivity contribution in [3.8, 4) is 16.9 Å². The molecule has 3 aromatic rings. The minimum Gasteiger partial charge on any atom is -0.507 e. The van der Waals surface area contributed by atoms with Gasteiger partial charge in [0.15, 0.2) is 6.29 Å². The third-order valence-electron chi connectivity index (χ3n) is 6.26. The number of hydrogen-bond acceptors (Lipinski definition) is 2. The fourth-order valence-electron chi connectivity index (χ4n) is 5.16. The standard InChI is InChI=1S/C24H20O2/c25-15-19-10-9-18-12-14-24(22(18)23(19)26)13-11-17-7-4-8-20(21(17)24)16-5-2-1-3-6-16/h1-10,15,26H,11-14H2/t24-/m0/s1. The lowest BCUT2D eigenvalue weighted by Crippen LogP contribution is -2.22. The average molecular weight is 340 g/mol. The van der Waals surface area contributed by atoms with Gasteiger partial charge in [0.2, 0.25) is 0 Å². The number of hydrogen-bond donors (Lipinski definition) is 1. The van der Waals surface area contributed by atoms with Crippen LogP contribution in [0, 0.1) is 0 Å². The molecule has 0 fully saturated rings. The molecule has 0 saturated carbocycles. The molecule has 1 atom stereocenters. The number of phenols is 1. The summed E-state index contributed by atoms with van der Waals surface area (Å²) in [6.07, 6.45) is 4.72. The molecule has 0 bridgehead atoms. The first-order chi connectivity index (χ1) is 12.7. The van der Waals surface area contributed by atoms with Gasteiger partial charge in [-0.15, -0.1) is 0 Å². The van der Waals surface area contributed by atoms with Crippen molar-refractivity contribution >= 4 is 6.29 Å². The Kier molecular flexibility index (Phi) is 3.30. The third kappa shape index (κ3) is 1.96. The molecule has 0 amide bonds. The molecule has 1 spiro atoms. The molecular weight excluding hydrogens is 320 g/mol. The molecular formula is C24H20O2. The van der Waals surface area contributed by atoms with Gasteiger partial charge in [-0.3, -0.25) is 4.79 Å². The van der Waals surface area contributed by atoms with Crippen molar-refractivity contribution in [2.75, 3.05) is 0 Å². The van der Waals surface area contributed by atoms with Crippen molar-refractivity contribution in [3.05, 3.63) is 88.5 Å². The largest absolute Gasteiger partial charge is 0.507 e. The maximum absolute atomic E-state index is 11.4. The van der Waals surface area contributed by atoms with Crippen LogP contribution in [0.15, 0.2) is 60.7 Å². The van der Waals surface area contributed by atoms with E-state index in [1.807, 2.05) is 12.1 Å². The van der Waals surface area contributed by atoms with Crippen LogP contribution in [0.5, 0.6) is 5.75 Å². The van der Waals surface area contributed by atoms with E-state index in [9.17, 15) is 9.90 Å². The van der Waals surface area contributed by atoms with E-state index in [4.69, 9.17) is 0 Å². The van der Waals surface area contributed by atoms with E-state index in [0.717, 1.165) is 37.5 Å². The Bertz CT molecular complexity index is 1020. The van der Waals surface area contributed by atoms with Gasteiger partial charge in [-0.2, -0.15) is 0 Å². The van der Waals surface area contributed by atoms with Gasteiger partial charge in [0.05, 0.1) is 5.56 Å². The predicted octanol–water partition coefficient (Wildman–Crippen LogP) is 5.05. The van der Waals surface area contributed by atoms with Gasteiger partial charge in [-0.25, -0.2) is 0 Å². The zero-order valence-corrected chi connectivity index (χ0v) is 14.5. The number of aromatic hydroxyl groups is 1. The number of rotatable bonds is 2. The fraction of sp³-hybridized carbons (Fsp3) is 0.208. The lowest BCUT2D eigenvalue weighted by atomic mass is 9.73. The molecule has 0 unspecified atom stereocenters. The summed E-state index contributed by atoms with van der Waals surface area (Å²) in [5.41, 5.74) is 7.58. The summed E-state index contributed by atoms with van der Waals surface area (Å²) < 4.78 is 0. The van der Waals surface area contributed by atoms with Gasteiger partial charge in [-0.05, 0) is 59.6 Å². The van der Waals surface area contributed by atoms with Crippen LogP contribution in [-0.4, -0.2) is 11.4 Å². The number of carbonyl (C=O) groups excluding carboxylic acids is 1. The molecule has 2 aliphatic rings. The third-order valence-corrected chi connectivity index (χ3v) is 6.26. The molecule has 0 aromatic heterocycles. The average Bonchev–Trinajstić information content (AvgIpc) is 3.26. The summed E-state index contributed by atoms with van der Waals surface area (Å²) in [4.78, 5) is 11.4. The monoisotopic (exact) mass is 340 g/mol. The Morgan fingerprint density at radius 3 is 2.27 bits per heavy atom. The highest BCUT2D eigenvalue weighted by Crippen LogP contribution is 2.57. The van der Waals surface area contributed by atoms with Crippen LogP contribution in [0.1, 0.15) is 45.5 Å². The second-order valence-corrected chi connectivity index (χ2v) is 7.44. The lowest BCUT2D eigenvalue weighted by molar-refractivity contribution is 0.112. The van der Waals surface area contributed by atoms with E-state index in [2.05, 4.69) is 42.5 Å². The molecule has 0 heterocycles. The summed E-state index contributed by atoms with van der Waals surface area (Å²) in [6.45, 7) is 0. The summed E-state index contributed by atoms with van der Waals surface area (Å²) in [5, 5.41) is 10.9. The fourth-order valence-corrected chi connectivity index (χ4v) is 5.16. The van der Waals surface area contributed by atoms with Gasteiger partial charge in [-0.1, -0.05) is 54.6 Å². The number of phenolic OH excluding ortho intramolecular Hbond substituents is 1. The molecule has 5 rings (SSSR count). The molecule has 26 heavy (non-hydrogen) atoms. The summed E-state index contributed by atoms with van der Waals surface area (Å²) >= 11 is 0. The SMILES string of the molecule is O=Cc1ccc2c(c1O)[C@@]1(CCc3cccc(-c4ccccc4)c31)CC2. The second-order valence-electron chi connectivity index (χ2n) is 7.44. The first kappa shape index (κ1) is 15.4. The predicted molar refractivity (Wildman–Crippen MR) is 103 cm³/mol. The maximum Gasteiger partial charge on any atom is 0.153 e. The van der Waals surface area contributed by atoms with Gasteiger partial charge in [0.25, 0.3) is 0 Å². The summed E-state index contributed by atoms with van der Waals surface area (Å²) in [5.74, 6) is 0.186. The Balaban J connectivity index is 1.80. The highest BCUT2D eigenvalue weighted by Gasteiger charge is 2.48. The molecule has 0 aliphatic heterocycles. The van der Waals surface area contributed by atoms with E-state index in [-0.39, 0.29) is 11.2 Å². The van der Waals surface area contributed by atoms with E-state index in [1.165, 1.54) is 27.8 Å². The Morgan fingerprint density at radius 1 is 0.808 bits per heavy atom. The van der Waals surface area contributed by atoms with Crippen LogP contribution in [-0.2, 0) is 18.3 Å². The van der Waals surface area contributed by atoms with Crippen LogP contribution in [0.3, 0.4) is 0 Å². The first-order valence-corrected chi connectivity index (χ1v) is 9.23. The zero-order chi connectivity index (χ0) is 17.7. The van der Waals surface area contributed by atoms with Crippen molar-refractivity contribution in [3.63, 3.8) is 0 Å². The van der Waals surface area contributed by atoms with Crippen LogP contribution < -0.4 is 0 Å². The van der Waals surface area contributed by atoms with Crippen molar-refractivity contribution in [1.82, 2.24) is 0 Å². The van der Waals surface area contributed by atoms with Crippen LogP contribution in [0.2, 0.25) is 0 Å². The summed E-state index contributed by atoms with van der Waals surface area (Å²) in [7, 11) is 0. The first-order valence-electron chi connectivity index (χ1n) is 9.23. The number of carbonyl (C=O) groups is 1. The molecule has 128 valence electrons. The Morgan fingerprint density at radius 2 is 1.54 bits per heavy atom. The van der Waals surface area contributed by atoms with E-state index in [1.54, 1.807) is 6.07 Å².